The highest BCUT2D eigenvalue weighted by atomic mass is 28.5. The van der Waals surface area contributed by atoms with Gasteiger partial charge in [-0.3, -0.25) is 0 Å². The summed E-state index contributed by atoms with van der Waals surface area (Å²) in [6.07, 6.45) is 3.64. The molecular formula is C71H160O28Si20. The molecule has 0 spiro atoms. The first-order chi connectivity index (χ1) is 52.9. The second-order valence-electron chi connectivity index (χ2n) is 40.6. The van der Waals surface area contributed by atoms with Gasteiger partial charge in [0, 0.05) is 13.2 Å². The van der Waals surface area contributed by atoms with E-state index in [0.717, 1.165) is 31.0 Å². The Morgan fingerprint density at radius 1 is 0.244 bits per heavy atom. The molecule has 0 aliphatic rings. The summed E-state index contributed by atoms with van der Waals surface area (Å²) in [6, 6.07) is 10.7. The Morgan fingerprint density at radius 3 is 0.689 bits per heavy atom. The number of benzene rings is 2. The van der Waals surface area contributed by atoms with Crippen LogP contribution in [0, 0.1) is 0 Å². The van der Waals surface area contributed by atoms with Gasteiger partial charge in [-0.2, -0.15) is 0 Å². The zero-order chi connectivity index (χ0) is 92.8. The van der Waals surface area contributed by atoms with Crippen molar-refractivity contribution in [2.75, 3.05) is 39.6 Å². The molecular weight excluding hydrogens is 1860 g/mol. The van der Waals surface area contributed by atoms with Crippen molar-refractivity contribution in [1.29, 1.82) is 0 Å². The Balaban J connectivity index is 1.94. The Labute approximate surface area is 739 Å². The maximum atomic E-state index is 13.6. The highest BCUT2D eigenvalue weighted by molar-refractivity contribution is 6.96. The van der Waals surface area contributed by atoms with Crippen molar-refractivity contribution in [3.63, 3.8) is 0 Å². The van der Waals surface area contributed by atoms with E-state index in [0.29, 0.717) is 37.2 Å². The average Bonchev–Trinajstić information content (AvgIpc) is 0.805. The number of carboxylic acids is 2. The van der Waals surface area contributed by atoms with E-state index in [1.807, 2.05) is 144 Å². The third-order valence-electron chi connectivity index (χ3n) is 16.5. The first-order valence-electron chi connectivity index (χ1n) is 41.7. The van der Waals surface area contributed by atoms with Crippen molar-refractivity contribution in [2.45, 2.75) is 319 Å². The minimum Gasteiger partial charge on any atom is -0.478 e. The molecule has 48 heteroatoms. The van der Waals surface area contributed by atoms with Gasteiger partial charge in [-0.1, -0.05) is 31.9 Å². The summed E-state index contributed by atoms with van der Waals surface area (Å²) in [5, 5.41) is 20.4. The van der Waals surface area contributed by atoms with Gasteiger partial charge in [-0.05, 0) is 335 Å². The molecule has 692 valence electrons. The lowest BCUT2D eigenvalue weighted by Gasteiger charge is -2.45. The van der Waals surface area contributed by atoms with Gasteiger partial charge in [-0.25, -0.2) is 19.2 Å². The van der Waals surface area contributed by atoms with Crippen LogP contribution in [0.15, 0.2) is 36.4 Å². The predicted octanol–water partition coefficient (Wildman–Crippen LogP) is 20.7. The highest BCUT2D eigenvalue weighted by Gasteiger charge is 2.54. The number of unbranched alkanes of at least 4 members (excludes halogenated alkanes) is 1. The fraction of sp³-hybridized carbons (Fsp3) is 0.775. The molecule has 0 amide bonds. The molecule has 0 radical (unpaired) electrons. The quantitative estimate of drug-likeness (QED) is 0.0353. The number of ether oxygens (including phenoxy) is 4. The summed E-state index contributed by atoms with van der Waals surface area (Å²) >= 11 is 0. The van der Waals surface area contributed by atoms with Crippen molar-refractivity contribution in [2.24, 2.45) is 0 Å². The SMILES string of the molecule is CCCC[Si](C)(C)O[Si](C)(C)O[Si](C)(C)O[Si](C)(C)O[Si](C)(C)O[Si](C)(C)O[Si](C)(C)O[Si](C)(C)O[Si](C)(C)O[Si](C)(C)CCCOCCOC(=O)c1ccc(-c2ccc(C(=O)O)c(C(=O)OCCOCCC[Si](C)(C)O[Si](C)(C)O[Si](C)(C)O[Si](C)(C)O[Si](C)(C)O[Si](C)(C)O[Si](C)(C)O[Si](C)(C)O[Si](C)(C)O[Si](C)(C)C)c2)cc1C(=O)O. The van der Waals surface area contributed by atoms with Gasteiger partial charge in [0.25, 0.3) is 0 Å². The molecule has 119 heavy (non-hydrogen) atoms. The summed E-state index contributed by atoms with van der Waals surface area (Å²) in [6.45, 7) is 88.0. The third-order valence-corrected chi connectivity index (χ3v) is 93.1. The molecule has 0 aromatic heterocycles. The summed E-state index contributed by atoms with van der Waals surface area (Å²) in [5.41, 5.74) is -0.516. The highest BCUT2D eigenvalue weighted by Crippen LogP contribution is 2.36. The minimum absolute atomic E-state index is 0.0441. The standard InChI is InChI=1S/C71H160O28Si20/c1-43-44-57-101(5,6)83-105(13,14)87-109(21,22)91-113(29,30)95-118(39,40)99-119(41,42)97-115(33,34)93-110(23,24)88-106(15,16)84-102(7,8)58-45-51-78-53-55-80-70(76)65-50-48-62(60-66(65)69(74)75)63-47-49-64(68(72)73)67(61-63)71(77)81-56-54-79-52-46-59-103(9,10)85-107(17,18)89-111(25,26)92-114(31,32)96-117(37,38)98-116(35,36)94-112(27,28)90-108(19,20)86-104(11,12)82-100(2,3)4/h47-50,60-61H,43-46,51-59H2,1-42H3,(H,72,73)(H,74,75). The normalized spacial score (nSPS) is 14.6. The summed E-state index contributed by atoms with van der Waals surface area (Å²) in [4.78, 5) is 52.0. The number of aromatic carboxylic acids is 2. The van der Waals surface area contributed by atoms with Gasteiger partial charge in [0.1, 0.15) is 13.2 Å². The molecule has 0 saturated heterocycles. The van der Waals surface area contributed by atoms with E-state index in [-0.39, 0.29) is 48.7 Å². The third kappa shape index (κ3) is 48.4. The van der Waals surface area contributed by atoms with E-state index in [4.69, 9.17) is 93.0 Å². The van der Waals surface area contributed by atoms with E-state index >= 15 is 0 Å². The molecule has 2 aromatic carbocycles. The molecule has 2 aromatic rings. The summed E-state index contributed by atoms with van der Waals surface area (Å²) in [7, 11) is -52.2. The number of hydrogen-bond donors (Lipinski definition) is 2. The zero-order valence-electron chi connectivity index (χ0n) is 81.2. The fourth-order valence-electron chi connectivity index (χ4n) is 16.2. The van der Waals surface area contributed by atoms with Crippen LogP contribution in [-0.4, -0.2) is 244 Å². The van der Waals surface area contributed by atoms with Crippen molar-refractivity contribution >= 4 is 194 Å². The first kappa shape index (κ1) is 115. The predicted molar refractivity (Wildman–Crippen MR) is 522 cm³/mol. The average molecular weight is 2020 g/mol. The number of rotatable bonds is 58. The second kappa shape index (κ2) is 44.2. The van der Waals surface area contributed by atoms with Crippen LogP contribution < -0.4 is 0 Å². The van der Waals surface area contributed by atoms with Crippen LogP contribution in [0.4, 0.5) is 0 Å². The van der Waals surface area contributed by atoms with E-state index in [1.165, 1.54) is 36.4 Å². The maximum Gasteiger partial charge on any atom is 0.339 e. The number of hydrogen-bond acceptors (Lipinski definition) is 26. The number of carboxylic acid groups (broad SMARTS) is 2. The topological polar surface area (TPSA) is 312 Å². The molecule has 2 rings (SSSR count). The summed E-state index contributed by atoms with van der Waals surface area (Å²) in [5.74, 6) is -4.55. The number of carbonyl (C=O) groups excluding carboxylic acids is 2. The van der Waals surface area contributed by atoms with E-state index in [2.05, 4.69) is 131 Å². The van der Waals surface area contributed by atoms with Gasteiger partial charge in [0.2, 0.25) is 0 Å². The first-order valence-corrected chi connectivity index (χ1v) is 99.6. The van der Waals surface area contributed by atoms with Crippen LogP contribution in [-0.2, 0) is 93.0 Å². The van der Waals surface area contributed by atoms with Gasteiger partial charge < -0.3 is 103 Å². The molecule has 2 N–H and O–H groups in total. The van der Waals surface area contributed by atoms with Crippen molar-refractivity contribution in [1.82, 2.24) is 0 Å². The molecule has 0 unspecified atom stereocenters. The van der Waals surface area contributed by atoms with Crippen LogP contribution in [0.2, 0.25) is 287 Å². The van der Waals surface area contributed by atoms with Crippen LogP contribution >= 0.6 is 0 Å². The molecule has 28 nitrogen and oxygen atoms in total. The Morgan fingerprint density at radius 2 is 0.454 bits per heavy atom. The number of esters is 2. The van der Waals surface area contributed by atoms with E-state index in [9.17, 15) is 29.4 Å². The van der Waals surface area contributed by atoms with E-state index in [1.54, 1.807) is 0 Å². The van der Waals surface area contributed by atoms with Gasteiger partial charge in [-0.15, -0.1) is 0 Å². The second-order valence-corrected chi connectivity index (χ2v) is 116. The largest absolute Gasteiger partial charge is 0.478 e. The van der Waals surface area contributed by atoms with E-state index < -0.39 is 194 Å². The lowest BCUT2D eigenvalue weighted by atomic mass is 9.96. The van der Waals surface area contributed by atoms with Gasteiger partial charge in [0.15, 0.2) is 33.3 Å². The fourth-order valence-corrected chi connectivity index (χ4v) is 117. The zero-order valence-corrected chi connectivity index (χ0v) is 101. The van der Waals surface area contributed by atoms with Crippen molar-refractivity contribution in [3.8, 4) is 11.1 Å². The maximum absolute atomic E-state index is 13.6. The molecule has 0 aliphatic carbocycles. The molecule has 0 heterocycles. The van der Waals surface area contributed by atoms with Gasteiger partial charge in [0.05, 0.1) is 35.5 Å². The number of carbonyl (C=O) groups is 4. The van der Waals surface area contributed by atoms with Crippen LogP contribution in [0.5, 0.6) is 0 Å². The molecule has 0 fully saturated rings. The molecule has 0 bridgehead atoms. The van der Waals surface area contributed by atoms with Gasteiger partial charge >= 0.3 is 161 Å². The Bertz CT molecular complexity index is 3610. The van der Waals surface area contributed by atoms with Crippen LogP contribution in [0.1, 0.15) is 74.0 Å². The van der Waals surface area contributed by atoms with Crippen LogP contribution in [0.3, 0.4) is 0 Å². The van der Waals surface area contributed by atoms with Crippen LogP contribution in [0.25, 0.3) is 11.1 Å². The minimum atomic E-state index is -2.85. The lowest BCUT2D eigenvalue weighted by molar-refractivity contribution is 0.0309. The molecule has 0 atom stereocenters. The molecule has 0 saturated carbocycles. The van der Waals surface area contributed by atoms with Crippen molar-refractivity contribution < 1.29 is 122 Å². The Hall–Kier alpha value is -0.142. The lowest BCUT2D eigenvalue weighted by Crippen LogP contribution is -2.62. The monoisotopic (exact) mass is 2020 g/mol. The molecule has 0 aliphatic heterocycles. The Kier molecular flexibility index (Phi) is 42.7. The summed E-state index contributed by atoms with van der Waals surface area (Å²) < 4.78 is 145. The smallest absolute Gasteiger partial charge is 0.339 e. The van der Waals surface area contributed by atoms with Crippen molar-refractivity contribution in [3.05, 3.63) is 58.7 Å².